The molecule has 0 aromatic carbocycles. The maximum absolute atomic E-state index is 6.11. The van der Waals surface area contributed by atoms with E-state index in [0.29, 0.717) is 11.1 Å². The van der Waals surface area contributed by atoms with Crippen LogP contribution in [0.15, 0.2) is 0 Å². The van der Waals surface area contributed by atoms with Crippen LogP contribution in [-0.2, 0) is 6.42 Å². The second-order valence-corrected chi connectivity index (χ2v) is 5.44. The van der Waals surface area contributed by atoms with Crippen LogP contribution in [0.1, 0.15) is 50.0 Å². The molecule has 0 aliphatic heterocycles. The van der Waals surface area contributed by atoms with Gasteiger partial charge in [-0.25, -0.2) is 9.97 Å². The minimum Gasteiger partial charge on any atom is -0.236 e. The van der Waals surface area contributed by atoms with Crippen LogP contribution in [0.5, 0.6) is 0 Å². The number of aromatic nitrogens is 2. The molecule has 1 aromatic rings. The van der Waals surface area contributed by atoms with Crippen molar-refractivity contribution < 1.29 is 0 Å². The van der Waals surface area contributed by atoms with Crippen molar-refractivity contribution in [2.45, 2.75) is 44.9 Å². The van der Waals surface area contributed by atoms with Crippen molar-refractivity contribution in [3.8, 4) is 0 Å². The maximum Gasteiger partial charge on any atom is 0.146 e. The Morgan fingerprint density at radius 3 is 2.73 bits per heavy atom. The fraction of sp³-hybridized carbons (Fsp3) is 0.636. The smallest absolute Gasteiger partial charge is 0.146 e. The van der Waals surface area contributed by atoms with E-state index in [-0.39, 0.29) is 0 Å². The first-order valence-corrected chi connectivity index (χ1v) is 6.89. The van der Waals surface area contributed by atoms with Crippen LogP contribution in [0.4, 0.5) is 0 Å². The monoisotopic (exact) mass is 336 g/mol. The predicted octanol–water partition coefficient (Wildman–Crippen LogP) is 3.95. The van der Waals surface area contributed by atoms with Crippen LogP contribution in [0, 0.1) is 3.57 Å². The molecule has 1 fully saturated rings. The summed E-state index contributed by atoms with van der Waals surface area (Å²) in [6, 6.07) is 0. The van der Waals surface area contributed by atoms with Gasteiger partial charge in [-0.1, -0.05) is 24.9 Å². The van der Waals surface area contributed by atoms with Crippen molar-refractivity contribution in [1.82, 2.24) is 9.97 Å². The Bertz CT molecular complexity index is 364. The number of hydrogen-bond donors (Lipinski definition) is 0. The Labute approximate surface area is 109 Å². The van der Waals surface area contributed by atoms with E-state index in [4.69, 9.17) is 11.6 Å². The number of hydrogen-bond acceptors (Lipinski definition) is 2. The van der Waals surface area contributed by atoms with E-state index in [9.17, 15) is 0 Å². The standard InChI is InChI=1S/C11H14ClIN2/c1-2-3-4-8-14-10(7-5-6-7)9(13)11(12)15-8/h7H,2-6H2,1H3. The molecule has 0 saturated heterocycles. The lowest BCUT2D eigenvalue weighted by Crippen LogP contribution is -2.02. The van der Waals surface area contributed by atoms with Gasteiger partial charge in [-0.3, -0.25) is 0 Å². The minimum absolute atomic E-state index is 0.638. The third-order valence-corrected chi connectivity index (χ3v) is 4.26. The zero-order chi connectivity index (χ0) is 10.8. The number of rotatable bonds is 4. The second kappa shape index (κ2) is 4.95. The van der Waals surface area contributed by atoms with E-state index in [2.05, 4.69) is 39.5 Å². The number of halogens is 2. The van der Waals surface area contributed by atoms with E-state index in [1.165, 1.54) is 25.0 Å². The molecule has 1 heterocycles. The van der Waals surface area contributed by atoms with Gasteiger partial charge in [0.15, 0.2) is 0 Å². The molecule has 82 valence electrons. The summed E-state index contributed by atoms with van der Waals surface area (Å²) in [4.78, 5) is 8.96. The first-order valence-electron chi connectivity index (χ1n) is 5.44. The van der Waals surface area contributed by atoms with Crippen molar-refractivity contribution in [1.29, 1.82) is 0 Å². The topological polar surface area (TPSA) is 25.8 Å². The molecule has 0 spiro atoms. The van der Waals surface area contributed by atoms with Gasteiger partial charge >= 0.3 is 0 Å². The lowest BCUT2D eigenvalue weighted by molar-refractivity contribution is 0.741. The van der Waals surface area contributed by atoms with Crippen molar-refractivity contribution in [3.05, 3.63) is 20.2 Å². The molecule has 2 rings (SSSR count). The van der Waals surface area contributed by atoms with Crippen molar-refractivity contribution in [2.75, 3.05) is 0 Å². The van der Waals surface area contributed by atoms with Crippen molar-refractivity contribution in [3.63, 3.8) is 0 Å². The van der Waals surface area contributed by atoms with E-state index in [1.807, 2.05) is 0 Å². The lowest BCUT2D eigenvalue weighted by Gasteiger charge is -2.06. The fourth-order valence-electron chi connectivity index (χ4n) is 1.56. The van der Waals surface area contributed by atoms with E-state index in [0.717, 1.165) is 22.2 Å². The maximum atomic E-state index is 6.11. The van der Waals surface area contributed by atoms with Gasteiger partial charge in [0.25, 0.3) is 0 Å². The van der Waals surface area contributed by atoms with Crippen molar-refractivity contribution in [2.24, 2.45) is 0 Å². The highest BCUT2D eigenvalue weighted by molar-refractivity contribution is 14.1. The first kappa shape index (κ1) is 11.6. The quantitative estimate of drug-likeness (QED) is 0.614. The summed E-state index contributed by atoms with van der Waals surface area (Å²) in [6.07, 6.45) is 5.78. The third-order valence-electron chi connectivity index (χ3n) is 2.60. The largest absolute Gasteiger partial charge is 0.236 e. The highest BCUT2D eigenvalue weighted by Crippen LogP contribution is 2.42. The third kappa shape index (κ3) is 2.81. The molecule has 0 bridgehead atoms. The highest BCUT2D eigenvalue weighted by Gasteiger charge is 2.28. The SMILES string of the molecule is CCCCc1nc(Cl)c(I)c(C2CC2)n1. The summed E-state index contributed by atoms with van der Waals surface area (Å²) in [5.74, 6) is 1.57. The molecule has 0 amide bonds. The van der Waals surface area contributed by atoms with Gasteiger partial charge < -0.3 is 0 Å². The molecule has 1 saturated carbocycles. The molecule has 0 unspecified atom stereocenters. The molecule has 0 atom stereocenters. The number of unbranched alkanes of at least 4 members (excludes halogenated alkanes) is 1. The number of nitrogens with zero attached hydrogens (tertiary/aromatic N) is 2. The summed E-state index contributed by atoms with van der Waals surface area (Å²) in [7, 11) is 0. The van der Waals surface area contributed by atoms with Crippen molar-refractivity contribution >= 4 is 34.2 Å². The van der Waals surface area contributed by atoms with Gasteiger partial charge in [0, 0.05) is 12.3 Å². The normalized spacial score (nSPS) is 15.7. The summed E-state index contributed by atoms with van der Waals surface area (Å²) >= 11 is 8.37. The van der Waals surface area contributed by atoms with Gasteiger partial charge in [0.2, 0.25) is 0 Å². The molecule has 2 nitrogen and oxygen atoms in total. The van der Waals surface area contributed by atoms with Crippen LogP contribution < -0.4 is 0 Å². The second-order valence-electron chi connectivity index (χ2n) is 4.01. The van der Waals surface area contributed by atoms with Gasteiger partial charge in [-0.2, -0.15) is 0 Å². The summed E-state index contributed by atoms with van der Waals surface area (Å²) in [5, 5.41) is 0.638. The lowest BCUT2D eigenvalue weighted by atomic mass is 10.2. The zero-order valence-corrected chi connectivity index (χ0v) is 11.7. The van der Waals surface area contributed by atoms with Crippen LogP contribution in [0.2, 0.25) is 5.15 Å². The zero-order valence-electron chi connectivity index (χ0n) is 8.76. The summed E-state index contributed by atoms with van der Waals surface area (Å²) < 4.78 is 1.05. The highest BCUT2D eigenvalue weighted by atomic mass is 127. The van der Waals surface area contributed by atoms with E-state index < -0.39 is 0 Å². The number of aryl methyl sites for hydroxylation is 1. The molecule has 0 radical (unpaired) electrons. The van der Waals surface area contributed by atoms with E-state index >= 15 is 0 Å². The summed E-state index contributed by atoms with van der Waals surface area (Å²) in [6.45, 7) is 2.18. The Morgan fingerprint density at radius 1 is 1.40 bits per heavy atom. The Morgan fingerprint density at radius 2 is 2.13 bits per heavy atom. The Kier molecular flexibility index (Phi) is 3.83. The summed E-state index contributed by atoms with van der Waals surface area (Å²) in [5.41, 5.74) is 1.18. The van der Waals surface area contributed by atoms with Crippen LogP contribution in [-0.4, -0.2) is 9.97 Å². The molecular formula is C11H14ClIN2. The van der Waals surface area contributed by atoms with Crippen LogP contribution in [0.3, 0.4) is 0 Å². The predicted molar refractivity (Wildman–Crippen MR) is 70.3 cm³/mol. The molecular weight excluding hydrogens is 322 g/mol. The molecule has 1 aliphatic rings. The van der Waals surface area contributed by atoms with Gasteiger partial charge in [0.1, 0.15) is 11.0 Å². The minimum atomic E-state index is 0.638. The van der Waals surface area contributed by atoms with Crippen LogP contribution in [0.25, 0.3) is 0 Å². The molecule has 1 aliphatic carbocycles. The average Bonchev–Trinajstić information content (AvgIpc) is 3.03. The molecule has 0 N–H and O–H groups in total. The molecule has 15 heavy (non-hydrogen) atoms. The van der Waals surface area contributed by atoms with Gasteiger partial charge in [0.05, 0.1) is 9.26 Å². The Hall–Kier alpha value is 0.1000. The van der Waals surface area contributed by atoms with Crippen LogP contribution >= 0.6 is 34.2 Å². The van der Waals surface area contributed by atoms with Gasteiger partial charge in [-0.05, 0) is 41.9 Å². The Balaban J connectivity index is 2.24. The average molecular weight is 337 g/mol. The fourth-order valence-corrected chi connectivity index (χ4v) is 2.43. The van der Waals surface area contributed by atoms with Gasteiger partial charge in [-0.15, -0.1) is 0 Å². The molecule has 1 aromatic heterocycles. The van der Waals surface area contributed by atoms with E-state index in [1.54, 1.807) is 0 Å². The first-order chi connectivity index (χ1) is 7.22. The molecule has 4 heteroatoms.